The summed E-state index contributed by atoms with van der Waals surface area (Å²) >= 11 is 0. The fourth-order valence-corrected chi connectivity index (χ4v) is 3.30. The number of nitrogens with two attached hydrogens (primary N) is 1. The number of carbonyl (C=O) groups excluding carboxylic acids is 2. The molecule has 0 aromatic rings. The van der Waals surface area contributed by atoms with E-state index in [2.05, 4.69) is 6.08 Å². The Bertz CT molecular complexity index is 374. The second-order valence-corrected chi connectivity index (χ2v) is 4.51. The smallest absolute Gasteiger partial charge is 0.248 e. The van der Waals surface area contributed by atoms with E-state index in [9.17, 15) is 9.59 Å². The van der Waals surface area contributed by atoms with Crippen molar-refractivity contribution in [2.75, 3.05) is 0 Å². The van der Waals surface area contributed by atoms with Crippen LogP contribution in [0.1, 0.15) is 13.3 Å². The third-order valence-electron chi connectivity index (χ3n) is 3.91. The first-order valence-electron chi connectivity index (χ1n) is 4.92. The number of hydrogen-bond donors (Lipinski definition) is 1. The molecule has 0 aromatic carbocycles. The van der Waals surface area contributed by atoms with Crippen LogP contribution in [-0.2, 0) is 9.59 Å². The zero-order valence-corrected chi connectivity index (χ0v) is 7.93. The highest BCUT2D eigenvalue weighted by Gasteiger charge is 2.60. The molecule has 2 amide bonds. The summed E-state index contributed by atoms with van der Waals surface area (Å²) in [5.41, 5.74) is 1.26. The molecule has 2 N–H and O–H groups in total. The van der Waals surface area contributed by atoms with E-state index < -0.39 is 0 Å². The highest BCUT2D eigenvalue weighted by atomic mass is 16.2. The molecular weight excluding hydrogens is 180 g/mol. The molecule has 0 radical (unpaired) electrons. The summed E-state index contributed by atoms with van der Waals surface area (Å²) in [6.07, 6.45) is 3.10. The first-order chi connectivity index (χ1) is 6.61. The van der Waals surface area contributed by atoms with Gasteiger partial charge in [-0.05, 0) is 25.2 Å². The van der Waals surface area contributed by atoms with Crippen molar-refractivity contribution in [1.82, 2.24) is 5.01 Å². The molecule has 2 fully saturated rings. The maximum atomic E-state index is 11.7. The van der Waals surface area contributed by atoms with Gasteiger partial charge in [-0.25, -0.2) is 10.9 Å². The molecule has 2 aliphatic carbocycles. The fraction of sp³-hybridized carbons (Fsp3) is 0.600. The molecule has 4 unspecified atom stereocenters. The van der Waals surface area contributed by atoms with E-state index in [0.29, 0.717) is 0 Å². The van der Waals surface area contributed by atoms with Crippen LogP contribution in [0, 0.1) is 23.7 Å². The minimum absolute atomic E-state index is 0.150. The van der Waals surface area contributed by atoms with Crippen LogP contribution < -0.4 is 5.84 Å². The van der Waals surface area contributed by atoms with Crippen LogP contribution in [0.2, 0.25) is 0 Å². The normalized spacial score (nSPS) is 44.7. The number of nitrogens with zero attached hydrogens (tertiary/aromatic N) is 1. The number of hydrogen-bond acceptors (Lipinski definition) is 3. The van der Waals surface area contributed by atoms with Crippen LogP contribution in [0.15, 0.2) is 11.6 Å². The molecule has 3 aliphatic rings. The van der Waals surface area contributed by atoms with E-state index in [1.54, 1.807) is 0 Å². The Hall–Kier alpha value is -1.16. The van der Waals surface area contributed by atoms with Crippen LogP contribution in [0.5, 0.6) is 0 Å². The van der Waals surface area contributed by atoms with E-state index in [-0.39, 0.29) is 35.5 Å². The van der Waals surface area contributed by atoms with Crippen molar-refractivity contribution in [3.05, 3.63) is 11.6 Å². The van der Waals surface area contributed by atoms with Gasteiger partial charge < -0.3 is 0 Å². The van der Waals surface area contributed by atoms with Gasteiger partial charge in [-0.3, -0.25) is 9.59 Å². The molecule has 4 heteroatoms. The Morgan fingerprint density at radius 1 is 1.36 bits per heavy atom. The number of fused-ring (bicyclic) bond motifs is 5. The number of amides is 2. The highest BCUT2D eigenvalue weighted by molar-refractivity contribution is 6.05. The van der Waals surface area contributed by atoms with Crippen LogP contribution in [-0.4, -0.2) is 16.8 Å². The van der Waals surface area contributed by atoms with Crippen molar-refractivity contribution in [2.45, 2.75) is 13.3 Å². The lowest BCUT2D eigenvalue weighted by Gasteiger charge is -2.18. The van der Waals surface area contributed by atoms with E-state index in [1.807, 2.05) is 6.92 Å². The maximum absolute atomic E-state index is 11.7. The molecule has 1 saturated heterocycles. The summed E-state index contributed by atoms with van der Waals surface area (Å²) in [5, 5.41) is 0.820. The largest absolute Gasteiger partial charge is 0.273 e. The molecule has 0 aromatic heterocycles. The van der Waals surface area contributed by atoms with E-state index in [0.717, 1.165) is 11.4 Å². The monoisotopic (exact) mass is 192 g/mol. The molecule has 14 heavy (non-hydrogen) atoms. The summed E-state index contributed by atoms with van der Waals surface area (Å²) in [5.74, 6) is 5.29. The van der Waals surface area contributed by atoms with E-state index in [4.69, 9.17) is 5.84 Å². The van der Waals surface area contributed by atoms with E-state index >= 15 is 0 Å². The van der Waals surface area contributed by atoms with Crippen molar-refractivity contribution >= 4 is 11.8 Å². The Morgan fingerprint density at radius 2 is 2.00 bits per heavy atom. The molecule has 1 saturated carbocycles. The molecular formula is C10H12N2O2. The van der Waals surface area contributed by atoms with Crippen LogP contribution in [0.4, 0.5) is 0 Å². The standard InChI is InChI=1S/C10H12N2O2/c1-4-2-5-3-6(4)8-7(5)9(13)12(11)10(8)14/h2,5-8H,3,11H2,1H3. The maximum Gasteiger partial charge on any atom is 0.248 e. The zero-order chi connectivity index (χ0) is 10.0. The molecule has 3 rings (SSSR count). The summed E-state index contributed by atoms with van der Waals surface area (Å²) in [4.78, 5) is 23.3. The summed E-state index contributed by atoms with van der Waals surface area (Å²) < 4.78 is 0. The number of hydrazine groups is 1. The predicted octanol–water partition coefficient (Wildman–Crippen LogP) is 0.0573. The Labute approximate surface area is 81.7 Å². The first-order valence-corrected chi connectivity index (χ1v) is 4.92. The minimum atomic E-state index is -0.184. The third kappa shape index (κ3) is 0.696. The summed E-state index contributed by atoms with van der Waals surface area (Å²) in [6.45, 7) is 2.04. The average molecular weight is 192 g/mol. The van der Waals surface area contributed by atoms with Crippen LogP contribution in [0.3, 0.4) is 0 Å². The van der Waals surface area contributed by atoms with Crippen LogP contribution >= 0.6 is 0 Å². The van der Waals surface area contributed by atoms with Gasteiger partial charge in [0, 0.05) is 0 Å². The van der Waals surface area contributed by atoms with Gasteiger partial charge in [-0.2, -0.15) is 0 Å². The SMILES string of the molecule is CC1=CC2CC1C1C(=O)N(N)C(=O)C21. The molecule has 2 bridgehead atoms. The lowest BCUT2D eigenvalue weighted by atomic mass is 9.82. The van der Waals surface area contributed by atoms with Crippen LogP contribution in [0.25, 0.3) is 0 Å². The summed E-state index contributed by atoms with van der Waals surface area (Å²) in [7, 11) is 0. The van der Waals surface area contributed by atoms with Gasteiger partial charge >= 0.3 is 0 Å². The molecule has 4 nitrogen and oxygen atoms in total. The number of carbonyl (C=O) groups is 2. The topological polar surface area (TPSA) is 63.4 Å². The van der Waals surface area contributed by atoms with E-state index in [1.165, 1.54) is 5.57 Å². The first kappa shape index (κ1) is 8.17. The zero-order valence-electron chi connectivity index (χ0n) is 7.93. The van der Waals surface area contributed by atoms with Gasteiger partial charge in [-0.1, -0.05) is 11.6 Å². The third-order valence-corrected chi connectivity index (χ3v) is 3.91. The average Bonchev–Trinajstić information content (AvgIpc) is 2.74. The van der Waals surface area contributed by atoms with Gasteiger partial charge in [0.15, 0.2) is 0 Å². The highest BCUT2D eigenvalue weighted by Crippen LogP contribution is 2.54. The molecule has 1 heterocycles. The predicted molar refractivity (Wildman–Crippen MR) is 48.4 cm³/mol. The van der Waals surface area contributed by atoms with Gasteiger partial charge in [0.1, 0.15) is 0 Å². The van der Waals surface area contributed by atoms with Crippen molar-refractivity contribution < 1.29 is 9.59 Å². The molecule has 1 aliphatic heterocycles. The second-order valence-electron chi connectivity index (χ2n) is 4.51. The summed E-state index contributed by atoms with van der Waals surface area (Å²) in [6, 6.07) is 0. The lowest BCUT2D eigenvalue weighted by molar-refractivity contribution is -0.141. The quantitative estimate of drug-likeness (QED) is 0.255. The Morgan fingerprint density at radius 3 is 2.71 bits per heavy atom. The Kier molecular flexibility index (Phi) is 1.32. The van der Waals surface area contributed by atoms with Crippen molar-refractivity contribution in [1.29, 1.82) is 0 Å². The van der Waals surface area contributed by atoms with Gasteiger partial charge in [-0.15, -0.1) is 0 Å². The molecule has 4 atom stereocenters. The van der Waals surface area contributed by atoms with Gasteiger partial charge in [0.05, 0.1) is 11.8 Å². The minimum Gasteiger partial charge on any atom is -0.273 e. The fourth-order valence-electron chi connectivity index (χ4n) is 3.30. The van der Waals surface area contributed by atoms with Crippen molar-refractivity contribution in [2.24, 2.45) is 29.5 Å². The second kappa shape index (κ2) is 2.25. The Balaban J connectivity index is 2.07. The molecule has 0 spiro atoms. The number of imide groups is 1. The van der Waals surface area contributed by atoms with Gasteiger partial charge in [0.25, 0.3) is 0 Å². The lowest BCUT2D eigenvalue weighted by Crippen LogP contribution is -2.38. The van der Waals surface area contributed by atoms with Crippen molar-refractivity contribution in [3.8, 4) is 0 Å². The number of rotatable bonds is 0. The van der Waals surface area contributed by atoms with Gasteiger partial charge in [0.2, 0.25) is 11.8 Å². The number of allylic oxidation sites excluding steroid dienone is 2. The van der Waals surface area contributed by atoms with Crippen molar-refractivity contribution in [3.63, 3.8) is 0 Å². The molecule has 74 valence electrons.